The number of rotatable bonds is 8. The van der Waals surface area contributed by atoms with E-state index in [0.717, 1.165) is 32.9 Å². The van der Waals surface area contributed by atoms with E-state index in [9.17, 15) is 9.59 Å². The zero-order chi connectivity index (χ0) is 35.8. The van der Waals surface area contributed by atoms with Gasteiger partial charge >= 0.3 is 5.97 Å². The molecule has 1 amide bonds. The van der Waals surface area contributed by atoms with Gasteiger partial charge in [-0.25, -0.2) is 9.97 Å². The largest absolute Gasteiger partial charge is 0.481 e. The third-order valence-electron chi connectivity index (χ3n) is 7.93. The first kappa shape index (κ1) is 36.8. The number of carbonyl (C=O) groups excluding carboxylic acids is 1. The first-order chi connectivity index (χ1) is 23.2. The molecule has 0 aliphatic heterocycles. The number of halogens is 2. The average Bonchev–Trinajstić information content (AvgIpc) is 3.71. The number of H-pyrrole nitrogens is 2. The molecular weight excluding hydrogens is 663 g/mol. The van der Waals surface area contributed by atoms with Crippen molar-refractivity contribution in [3.05, 3.63) is 107 Å². The summed E-state index contributed by atoms with van der Waals surface area (Å²) >= 11 is 12.0. The molecule has 0 bridgehead atoms. The summed E-state index contributed by atoms with van der Waals surface area (Å²) < 4.78 is 0. The van der Waals surface area contributed by atoms with Crippen molar-refractivity contribution in [2.24, 2.45) is 0 Å². The number of nitrogens with zero attached hydrogens (tertiary/aromatic N) is 5. The fourth-order valence-corrected chi connectivity index (χ4v) is 5.80. The van der Waals surface area contributed by atoms with Crippen LogP contribution in [-0.2, 0) is 20.4 Å². The summed E-state index contributed by atoms with van der Waals surface area (Å²) in [5, 5.41) is 29.2. The monoisotopic (exact) mass is 702 g/mol. The lowest BCUT2D eigenvalue weighted by atomic mass is 9.83. The van der Waals surface area contributed by atoms with Crippen LogP contribution in [0.2, 0.25) is 10.0 Å². The molecule has 6 aromatic rings. The van der Waals surface area contributed by atoms with Crippen molar-refractivity contribution in [3.63, 3.8) is 0 Å². The molecule has 0 radical (unpaired) electrons. The number of carbonyl (C=O) groups is 2. The highest BCUT2D eigenvalue weighted by Crippen LogP contribution is 2.33. The number of aromatic amines is 2. The normalized spacial score (nSPS) is 11.3. The smallest absolute Gasteiger partial charge is 0.304 e. The number of aliphatic carboxylic acids is 1. The predicted molar refractivity (Wildman–Crippen MR) is 197 cm³/mol. The van der Waals surface area contributed by atoms with E-state index < -0.39 is 16.8 Å². The van der Waals surface area contributed by atoms with Gasteiger partial charge in [-0.05, 0) is 48.5 Å². The van der Waals surface area contributed by atoms with E-state index in [2.05, 4.69) is 35.7 Å². The SMILES string of the molecule is CC(C)(CC(=O)O)c1[nH]nc2ncccc12.CN(C(=O)CC(C)(C)c1[nH]nc2ncccc12)c1ccccc1Cl.CNc1ccccc1Cl. The van der Waals surface area contributed by atoms with E-state index in [1.807, 2.05) is 101 Å². The van der Waals surface area contributed by atoms with Crippen LogP contribution in [0.3, 0.4) is 0 Å². The van der Waals surface area contributed by atoms with Gasteiger partial charge in [0.05, 0.1) is 39.2 Å². The van der Waals surface area contributed by atoms with Gasteiger partial charge in [0.15, 0.2) is 11.3 Å². The molecule has 4 aromatic heterocycles. The molecule has 0 fully saturated rings. The van der Waals surface area contributed by atoms with Crippen LogP contribution >= 0.6 is 23.2 Å². The van der Waals surface area contributed by atoms with E-state index in [-0.39, 0.29) is 12.3 Å². The highest BCUT2D eigenvalue weighted by molar-refractivity contribution is 6.34. The van der Waals surface area contributed by atoms with Crippen LogP contribution in [-0.4, -0.2) is 61.4 Å². The molecule has 0 unspecified atom stereocenters. The number of aromatic nitrogens is 6. The van der Waals surface area contributed by atoms with Crippen molar-refractivity contribution >= 4 is 68.5 Å². The minimum atomic E-state index is -0.823. The van der Waals surface area contributed by atoms with Crippen LogP contribution in [0, 0.1) is 0 Å². The van der Waals surface area contributed by atoms with E-state index in [4.69, 9.17) is 28.3 Å². The lowest BCUT2D eigenvalue weighted by Crippen LogP contribution is -2.33. The Balaban J connectivity index is 0.000000185. The zero-order valence-corrected chi connectivity index (χ0v) is 29.8. The number of benzene rings is 2. The summed E-state index contributed by atoms with van der Waals surface area (Å²) in [6, 6.07) is 22.5. The van der Waals surface area contributed by atoms with Crippen LogP contribution in [0.25, 0.3) is 22.1 Å². The van der Waals surface area contributed by atoms with Crippen LogP contribution in [0.4, 0.5) is 11.4 Å². The molecule has 0 atom stereocenters. The van der Waals surface area contributed by atoms with Crippen LogP contribution in [0.5, 0.6) is 0 Å². The van der Waals surface area contributed by atoms with Crippen molar-refractivity contribution in [2.45, 2.75) is 51.4 Å². The van der Waals surface area contributed by atoms with Gasteiger partial charge < -0.3 is 15.3 Å². The van der Waals surface area contributed by atoms with Crippen molar-refractivity contribution in [1.29, 1.82) is 0 Å². The summed E-state index contributed by atoms with van der Waals surface area (Å²) in [6.07, 6.45) is 3.74. The maximum Gasteiger partial charge on any atom is 0.304 e. The Morgan fingerprint density at radius 3 is 1.71 bits per heavy atom. The van der Waals surface area contributed by atoms with Crippen molar-refractivity contribution in [1.82, 2.24) is 30.4 Å². The topological polar surface area (TPSA) is 153 Å². The van der Waals surface area contributed by atoms with Crippen LogP contribution < -0.4 is 10.2 Å². The van der Waals surface area contributed by atoms with E-state index >= 15 is 0 Å². The van der Waals surface area contributed by atoms with E-state index in [1.165, 1.54) is 0 Å². The van der Waals surface area contributed by atoms with Crippen LogP contribution in [0.1, 0.15) is 51.9 Å². The quantitative estimate of drug-likeness (QED) is 0.124. The fourth-order valence-electron chi connectivity index (χ4n) is 5.31. The second-order valence-electron chi connectivity index (χ2n) is 12.6. The second kappa shape index (κ2) is 15.9. The Kier molecular flexibility index (Phi) is 12.0. The summed E-state index contributed by atoms with van der Waals surface area (Å²) in [5.74, 6) is -0.837. The molecule has 4 N–H and O–H groups in total. The van der Waals surface area contributed by atoms with Gasteiger partial charge in [-0.3, -0.25) is 19.8 Å². The maximum absolute atomic E-state index is 12.8. The van der Waals surface area contributed by atoms with Crippen LogP contribution in [0.15, 0.2) is 85.2 Å². The average molecular weight is 704 g/mol. The Morgan fingerprint density at radius 2 is 1.24 bits per heavy atom. The Labute approximate surface area is 295 Å². The fraction of sp³-hybridized carbons (Fsp3) is 0.278. The molecule has 4 heterocycles. The van der Waals surface area contributed by atoms with Crippen molar-refractivity contribution < 1.29 is 14.7 Å². The van der Waals surface area contributed by atoms with Gasteiger partial charge in [-0.1, -0.05) is 75.2 Å². The number of para-hydroxylation sites is 2. The third kappa shape index (κ3) is 9.13. The highest BCUT2D eigenvalue weighted by Gasteiger charge is 2.31. The molecule has 0 aliphatic carbocycles. The Hall–Kier alpha value is -5.00. The van der Waals surface area contributed by atoms with E-state index in [0.29, 0.717) is 28.4 Å². The minimum absolute atomic E-state index is 0.0141. The number of amides is 1. The van der Waals surface area contributed by atoms with Gasteiger partial charge in [0.25, 0.3) is 0 Å². The maximum atomic E-state index is 12.8. The van der Waals surface area contributed by atoms with Crippen molar-refractivity contribution in [2.75, 3.05) is 24.3 Å². The molecule has 0 saturated carbocycles. The molecule has 6 rings (SSSR count). The Bertz CT molecular complexity index is 2040. The second-order valence-corrected chi connectivity index (χ2v) is 13.4. The first-order valence-electron chi connectivity index (χ1n) is 15.5. The number of fused-ring (bicyclic) bond motifs is 2. The molecule has 256 valence electrons. The molecule has 0 saturated heterocycles. The summed E-state index contributed by atoms with van der Waals surface area (Å²) in [5.41, 5.74) is 3.79. The number of pyridine rings is 2. The van der Waals surface area contributed by atoms with Gasteiger partial charge in [-0.15, -0.1) is 0 Å². The van der Waals surface area contributed by atoms with Crippen molar-refractivity contribution in [3.8, 4) is 0 Å². The number of nitrogens with one attached hydrogen (secondary N) is 3. The number of carboxylic acid groups (broad SMARTS) is 1. The van der Waals surface area contributed by atoms with Gasteiger partial charge in [0.2, 0.25) is 5.91 Å². The van der Waals surface area contributed by atoms with Gasteiger partial charge in [-0.2, -0.15) is 10.2 Å². The highest BCUT2D eigenvalue weighted by atomic mass is 35.5. The van der Waals surface area contributed by atoms with Gasteiger partial charge in [0, 0.05) is 54.5 Å². The summed E-state index contributed by atoms with van der Waals surface area (Å²) in [7, 11) is 3.59. The van der Waals surface area contributed by atoms with Gasteiger partial charge in [0.1, 0.15) is 0 Å². The lowest BCUT2D eigenvalue weighted by molar-refractivity contribution is -0.138. The zero-order valence-electron chi connectivity index (χ0n) is 28.3. The molecular formula is C36H40Cl2N8O3. The minimum Gasteiger partial charge on any atom is -0.481 e. The third-order valence-corrected chi connectivity index (χ3v) is 8.58. The molecule has 0 aliphatic rings. The molecule has 13 heteroatoms. The van der Waals surface area contributed by atoms with E-state index in [1.54, 1.807) is 30.4 Å². The number of hydrogen-bond donors (Lipinski definition) is 4. The standard InChI is InChI=1S/C18H19ClN4O.C11H13N3O2.C7H8ClN/c1-18(2,16-12-7-6-10-20-17(12)22-21-16)11-15(24)23(3)14-9-5-4-8-13(14)19;1-11(2,6-8(15)16)9-7-4-3-5-12-10(7)14-13-9;1-9-7-5-3-2-4-6(7)8/h4-10H,11H2,1-3H3,(H,20,21,22);3-5H,6H2,1-2H3,(H,15,16)(H,12,13,14);2-5,9H,1H3. The number of anilines is 2. The summed E-state index contributed by atoms with van der Waals surface area (Å²) in [4.78, 5) is 33.5. The number of carboxylic acids is 1. The predicted octanol–water partition coefficient (Wildman–Crippen LogP) is 8.03. The molecule has 49 heavy (non-hydrogen) atoms. The molecule has 2 aromatic carbocycles. The summed E-state index contributed by atoms with van der Waals surface area (Å²) in [6.45, 7) is 7.79. The first-order valence-corrected chi connectivity index (χ1v) is 16.2. The number of hydrogen-bond acceptors (Lipinski definition) is 7. The lowest BCUT2D eigenvalue weighted by Gasteiger charge is -2.27. The molecule has 0 spiro atoms. The molecule has 11 nitrogen and oxygen atoms in total. The Morgan fingerprint density at radius 1 is 0.755 bits per heavy atom.